The number of hydrogen-bond acceptors (Lipinski definition) is 5. The van der Waals surface area contributed by atoms with Gasteiger partial charge in [0, 0.05) is 12.0 Å². The zero-order valence-electron chi connectivity index (χ0n) is 14.6. The second-order valence-electron chi connectivity index (χ2n) is 6.50. The highest BCUT2D eigenvalue weighted by Gasteiger charge is 2.41. The van der Waals surface area contributed by atoms with Crippen LogP contribution in [0.1, 0.15) is 23.5 Å². The van der Waals surface area contributed by atoms with Gasteiger partial charge in [-0.05, 0) is 36.2 Å². The van der Waals surface area contributed by atoms with E-state index in [1.54, 1.807) is 18.2 Å². The highest BCUT2D eigenvalue weighted by atomic mass is 35.5. The molecular weight excluding hydrogens is 431 g/mol. The molecule has 5 nitrogen and oxygen atoms in total. The lowest BCUT2D eigenvalue weighted by atomic mass is 9.89. The first-order valence-electron chi connectivity index (χ1n) is 8.55. The molecule has 152 valence electrons. The van der Waals surface area contributed by atoms with Gasteiger partial charge in [-0.1, -0.05) is 29.4 Å². The van der Waals surface area contributed by atoms with Crippen molar-refractivity contribution in [3.63, 3.8) is 0 Å². The first-order valence-corrected chi connectivity index (χ1v) is 9.81. The first-order chi connectivity index (χ1) is 13.7. The molecular formula is C19H13ClF3NO4S. The monoisotopic (exact) mass is 443 g/mol. The van der Waals surface area contributed by atoms with Crippen LogP contribution in [0.15, 0.2) is 36.4 Å². The van der Waals surface area contributed by atoms with Gasteiger partial charge in [0.15, 0.2) is 0 Å². The molecule has 0 bridgehead atoms. The van der Waals surface area contributed by atoms with Gasteiger partial charge < -0.3 is 9.47 Å². The molecule has 1 N–H and O–H groups in total. The quantitative estimate of drug-likeness (QED) is 0.691. The molecule has 29 heavy (non-hydrogen) atoms. The summed E-state index contributed by atoms with van der Waals surface area (Å²) in [5.41, 5.74) is -0.0992. The van der Waals surface area contributed by atoms with E-state index in [0.717, 1.165) is 35.5 Å². The molecule has 2 aliphatic heterocycles. The Kier molecular flexibility index (Phi) is 5.12. The largest absolute Gasteiger partial charge is 0.493 e. The minimum atomic E-state index is -4.50. The van der Waals surface area contributed by atoms with Crippen LogP contribution < -0.4 is 14.8 Å². The molecule has 2 atom stereocenters. The lowest BCUT2D eigenvalue weighted by molar-refractivity contribution is -0.137. The van der Waals surface area contributed by atoms with E-state index >= 15 is 0 Å². The zero-order chi connectivity index (χ0) is 20.8. The van der Waals surface area contributed by atoms with Crippen molar-refractivity contribution in [2.45, 2.75) is 23.8 Å². The van der Waals surface area contributed by atoms with Gasteiger partial charge in [0.05, 0.1) is 17.2 Å². The Morgan fingerprint density at radius 3 is 2.62 bits per heavy atom. The number of amides is 2. The smallest absolute Gasteiger partial charge is 0.416 e. The molecule has 0 aliphatic carbocycles. The Labute approximate surface area is 172 Å². The van der Waals surface area contributed by atoms with Gasteiger partial charge in [-0.15, -0.1) is 0 Å². The molecule has 2 aromatic rings. The van der Waals surface area contributed by atoms with E-state index in [2.05, 4.69) is 5.32 Å². The molecule has 0 aromatic heterocycles. The van der Waals surface area contributed by atoms with Gasteiger partial charge >= 0.3 is 6.18 Å². The summed E-state index contributed by atoms with van der Waals surface area (Å²) in [5, 5.41) is 1.22. The van der Waals surface area contributed by atoms with Crippen molar-refractivity contribution in [1.29, 1.82) is 0 Å². The highest BCUT2D eigenvalue weighted by Crippen LogP contribution is 2.44. The molecule has 2 amide bonds. The molecule has 1 saturated heterocycles. The molecule has 2 heterocycles. The van der Waals surface area contributed by atoms with E-state index in [4.69, 9.17) is 21.1 Å². The van der Waals surface area contributed by atoms with Crippen molar-refractivity contribution in [3.05, 3.63) is 52.5 Å². The molecule has 0 saturated carbocycles. The number of imide groups is 1. The lowest BCUT2D eigenvalue weighted by Gasteiger charge is -2.28. The molecule has 1 fully saturated rings. The fourth-order valence-corrected chi connectivity index (χ4v) is 4.52. The number of thioether (sulfide) groups is 1. The maximum absolute atomic E-state index is 12.8. The third kappa shape index (κ3) is 4.02. The van der Waals surface area contributed by atoms with E-state index in [0.29, 0.717) is 24.5 Å². The Bertz CT molecular complexity index is 998. The van der Waals surface area contributed by atoms with Crippen LogP contribution in [-0.4, -0.2) is 23.0 Å². The van der Waals surface area contributed by atoms with E-state index in [9.17, 15) is 22.8 Å². The number of carbonyl (C=O) groups excluding carboxylic acids is 2. The predicted octanol–water partition coefficient (Wildman–Crippen LogP) is 5.37. The molecule has 2 aromatic carbocycles. The summed E-state index contributed by atoms with van der Waals surface area (Å²) in [6.07, 6.45) is -3.92. The average molecular weight is 444 g/mol. The number of nitrogens with one attached hydrogen (secondary N) is 1. The van der Waals surface area contributed by atoms with E-state index in [1.807, 2.05) is 0 Å². The van der Waals surface area contributed by atoms with Gasteiger partial charge in [-0.25, -0.2) is 0 Å². The summed E-state index contributed by atoms with van der Waals surface area (Å²) >= 11 is 6.89. The van der Waals surface area contributed by atoms with Crippen LogP contribution in [0.5, 0.6) is 17.2 Å². The van der Waals surface area contributed by atoms with E-state index < -0.39 is 17.0 Å². The van der Waals surface area contributed by atoms with Crippen LogP contribution in [0.3, 0.4) is 0 Å². The topological polar surface area (TPSA) is 64.6 Å². The van der Waals surface area contributed by atoms with Crippen molar-refractivity contribution < 1.29 is 32.2 Å². The number of benzene rings is 2. The number of alkyl halides is 3. The lowest BCUT2D eigenvalue weighted by Crippen LogP contribution is -2.31. The van der Waals surface area contributed by atoms with Crippen LogP contribution in [0, 0.1) is 0 Å². The Hall–Kier alpha value is -2.39. The van der Waals surface area contributed by atoms with Crippen LogP contribution in [0.2, 0.25) is 5.02 Å². The molecule has 10 heteroatoms. The van der Waals surface area contributed by atoms with Crippen LogP contribution in [0.25, 0.3) is 0 Å². The van der Waals surface area contributed by atoms with Gasteiger partial charge in [0.2, 0.25) is 5.91 Å². The summed E-state index contributed by atoms with van der Waals surface area (Å²) in [6.45, 7) is 0.362. The van der Waals surface area contributed by atoms with Gasteiger partial charge in [-0.3, -0.25) is 14.9 Å². The number of fused-ring (bicyclic) bond motifs is 1. The number of ether oxygens (including phenoxy) is 2. The Balaban J connectivity index is 1.57. The van der Waals surface area contributed by atoms with Gasteiger partial charge in [0.1, 0.15) is 22.5 Å². The number of hydrogen-bond donors (Lipinski definition) is 1. The maximum Gasteiger partial charge on any atom is 0.416 e. The van der Waals surface area contributed by atoms with Crippen LogP contribution in [-0.2, 0) is 11.0 Å². The average Bonchev–Trinajstić information content (AvgIpc) is 3.00. The van der Waals surface area contributed by atoms with Crippen molar-refractivity contribution in [2.75, 3.05) is 6.61 Å². The fraction of sp³-hybridized carbons (Fsp3) is 0.263. The zero-order valence-corrected chi connectivity index (χ0v) is 16.2. The van der Waals surface area contributed by atoms with Gasteiger partial charge in [0.25, 0.3) is 5.24 Å². The normalized spacial score (nSPS) is 21.4. The summed E-state index contributed by atoms with van der Waals surface area (Å²) < 4.78 is 49.6. The minimum absolute atomic E-state index is 0.0725. The van der Waals surface area contributed by atoms with E-state index in [1.165, 1.54) is 0 Å². The minimum Gasteiger partial charge on any atom is -0.493 e. The van der Waals surface area contributed by atoms with Crippen molar-refractivity contribution in [3.8, 4) is 17.2 Å². The number of rotatable bonds is 3. The number of carbonyl (C=O) groups is 2. The van der Waals surface area contributed by atoms with Gasteiger partial charge in [-0.2, -0.15) is 13.2 Å². The van der Waals surface area contributed by atoms with Crippen molar-refractivity contribution in [1.82, 2.24) is 5.32 Å². The molecule has 2 aliphatic rings. The second-order valence-corrected chi connectivity index (χ2v) is 8.03. The van der Waals surface area contributed by atoms with Crippen LogP contribution in [0.4, 0.5) is 18.0 Å². The third-order valence-corrected chi connectivity index (χ3v) is 6.05. The summed E-state index contributed by atoms with van der Waals surface area (Å²) in [6, 6.07) is 7.78. The predicted molar refractivity (Wildman–Crippen MR) is 101 cm³/mol. The summed E-state index contributed by atoms with van der Waals surface area (Å²) in [5.74, 6) is 0.372. The fourth-order valence-electron chi connectivity index (χ4n) is 3.30. The highest BCUT2D eigenvalue weighted by molar-refractivity contribution is 8.15. The first kappa shape index (κ1) is 19.9. The Morgan fingerprint density at radius 2 is 1.97 bits per heavy atom. The van der Waals surface area contributed by atoms with Crippen molar-refractivity contribution in [2.24, 2.45) is 0 Å². The Morgan fingerprint density at radius 1 is 1.17 bits per heavy atom. The van der Waals surface area contributed by atoms with Crippen LogP contribution >= 0.6 is 23.4 Å². The SMILES string of the molecule is O=C1NC(=O)[C@H](C2CCOc3cc(Oc4ccc(C(F)(F)F)cc4Cl)ccc32)S1. The summed E-state index contributed by atoms with van der Waals surface area (Å²) in [7, 11) is 0. The molecule has 4 rings (SSSR count). The van der Waals surface area contributed by atoms with Crippen molar-refractivity contribution >= 4 is 34.5 Å². The summed E-state index contributed by atoms with van der Waals surface area (Å²) in [4.78, 5) is 23.5. The van der Waals surface area contributed by atoms with E-state index in [-0.39, 0.29) is 27.8 Å². The molecule has 0 spiro atoms. The third-order valence-electron chi connectivity index (χ3n) is 4.64. The molecule has 1 unspecified atom stereocenters. The standard InChI is InChI=1S/C19H13ClF3NO4S/c20-13-7-9(19(21,22)23)1-4-14(13)28-10-2-3-11-12(5-6-27-15(11)8-10)16-17(25)24-18(26)29-16/h1-4,7-8,12,16H,5-6H2,(H,24,25,26)/t12?,16-/m0/s1. The maximum atomic E-state index is 12.8. The second kappa shape index (κ2) is 7.46. The number of halogens is 4. The molecule has 0 radical (unpaired) electrons.